The third-order valence-electron chi connectivity index (χ3n) is 6.00. The number of nitrogens with one attached hydrogen (secondary N) is 2. The molecule has 11 heteroatoms. The Labute approximate surface area is 190 Å². The van der Waals surface area contributed by atoms with Crippen LogP contribution in [0.1, 0.15) is 38.5 Å². The molecule has 3 N–H and O–H groups in total. The second kappa shape index (κ2) is 9.58. The number of halogens is 2. The Kier molecular flexibility index (Phi) is 7.02. The number of sulfonamides is 1. The summed E-state index contributed by atoms with van der Waals surface area (Å²) in [5.74, 6) is -0.871. The molecular formula is C20H26ClFN4O3S2. The Balaban J connectivity index is 1.52. The number of benzene rings is 1. The fourth-order valence-electron chi connectivity index (χ4n) is 4.42. The molecule has 1 aromatic heterocycles. The molecule has 31 heavy (non-hydrogen) atoms. The van der Waals surface area contributed by atoms with Crippen molar-refractivity contribution in [1.82, 2.24) is 9.88 Å². The number of piperidine rings is 1. The van der Waals surface area contributed by atoms with Crippen molar-refractivity contribution in [2.75, 3.05) is 23.1 Å². The van der Waals surface area contributed by atoms with E-state index < -0.39 is 20.7 Å². The quantitative estimate of drug-likeness (QED) is 0.570. The van der Waals surface area contributed by atoms with Gasteiger partial charge >= 0.3 is 0 Å². The van der Waals surface area contributed by atoms with Gasteiger partial charge in [-0.15, -0.1) is 11.3 Å². The number of thiazole rings is 1. The van der Waals surface area contributed by atoms with Crippen LogP contribution in [-0.4, -0.2) is 54.7 Å². The van der Waals surface area contributed by atoms with Crippen LogP contribution in [0.4, 0.5) is 15.2 Å². The van der Waals surface area contributed by atoms with Crippen molar-refractivity contribution >= 4 is 43.8 Å². The SMILES string of the molecule is O=S(=O)(Nc1nccs1)c1cc(Cl)c(NC2CCCC[C@@H]2N2CCC(O)CC2)cc1F. The van der Waals surface area contributed by atoms with Gasteiger partial charge in [-0.3, -0.25) is 9.62 Å². The summed E-state index contributed by atoms with van der Waals surface area (Å²) in [6, 6.07) is 2.65. The summed E-state index contributed by atoms with van der Waals surface area (Å²) >= 11 is 7.49. The molecule has 1 unspecified atom stereocenters. The van der Waals surface area contributed by atoms with Crippen LogP contribution in [0.15, 0.2) is 28.6 Å². The minimum Gasteiger partial charge on any atom is -0.393 e. The Morgan fingerprint density at radius 2 is 1.94 bits per heavy atom. The minimum absolute atomic E-state index is 0.0804. The third-order valence-corrected chi connectivity index (χ3v) is 8.49. The van der Waals surface area contributed by atoms with Crippen molar-refractivity contribution in [3.63, 3.8) is 0 Å². The Morgan fingerprint density at radius 1 is 1.19 bits per heavy atom. The van der Waals surface area contributed by atoms with Gasteiger partial charge in [0.05, 0.1) is 16.8 Å². The zero-order valence-corrected chi connectivity index (χ0v) is 19.3. The number of hydrogen-bond donors (Lipinski definition) is 3. The molecule has 0 radical (unpaired) electrons. The van der Waals surface area contributed by atoms with E-state index in [4.69, 9.17) is 11.6 Å². The van der Waals surface area contributed by atoms with Crippen molar-refractivity contribution in [2.45, 2.75) is 61.6 Å². The molecule has 1 aromatic carbocycles. The summed E-state index contributed by atoms with van der Waals surface area (Å²) in [6.07, 6.45) is 6.89. The maximum atomic E-state index is 14.8. The number of rotatable bonds is 6. The zero-order chi connectivity index (χ0) is 22.0. The molecule has 2 aromatic rings. The normalized spacial score (nSPS) is 23.6. The molecule has 1 aliphatic carbocycles. The van der Waals surface area contributed by atoms with E-state index in [1.54, 1.807) is 5.38 Å². The molecule has 1 saturated carbocycles. The average molecular weight is 489 g/mol. The molecule has 0 amide bonds. The standard InChI is InChI=1S/C20H26ClFN4O3S2/c21-14-11-19(31(28,29)25-20-23-7-10-30-20)15(22)12-17(14)24-16-3-1-2-4-18(16)26-8-5-13(27)6-9-26/h7,10-13,16,18,24,27H,1-6,8-9H2,(H,23,25)/t16?,18-/m0/s1. The highest BCUT2D eigenvalue weighted by molar-refractivity contribution is 7.93. The molecule has 2 aliphatic rings. The summed E-state index contributed by atoms with van der Waals surface area (Å²) < 4.78 is 42.2. The topological polar surface area (TPSA) is 94.6 Å². The summed E-state index contributed by atoms with van der Waals surface area (Å²) in [5.41, 5.74) is 0.390. The van der Waals surface area contributed by atoms with Crippen molar-refractivity contribution < 1.29 is 17.9 Å². The molecule has 2 fully saturated rings. The van der Waals surface area contributed by atoms with E-state index in [0.717, 1.165) is 75.1 Å². The highest BCUT2D eigenvalue weighted by atomic mass is 35.5. The molecule has 4 rings (SSSR count). The van der Waals surface area contributed by atoms with E-state index in [1.165, 1.54) is 6.20 Å². The summed E-state index contributed by atoms with van der Waals surface area (Å²) in [7, 11) is -4.14. The lowest BCUT2D eigenvalue weighted by Gasteiger charge is -2.43. The Bertz CT molecular complexity index is 998. The van der Waals surface area contributed by atoms with Gasteiger partial charge in [-0.1, -0.05) is 24.4 Å². The first-order chi connectivity index (χ1) is 14.8. The Hall–Kier alpha value is -1.46. The highest BCUT2D eigenvalue weighted by Gasteiger charge is 2.33. The first kappa shape index (κ1) is 22.7. The summed E-state index contributed by atoms with van der Waals surface area (Å²) in [4.78, 5) is 5.75. The van der Waals surface area contributed by atoms with E-state index in [1.807, 2.05) is 0 Å². The molecule has 2 atom stereocenters. The maximum Gasteiger partial charge on any atom is 0.266 e. The first-order valence-electron chi connectivity index (χ1n) is 10.4. The fraction of sp³-hybridized carbons (Fsp3) is 0.550. The van der Waals surface area contributed by atoms with Crippen LogP contribution >= 0.6 is 22.9 Å². The largest absolute Gasteiger partial charge is 0.393 e. The number of likely N-dealkylation sites (tertiary alicyclic amines) is 1. The van der Waals surface area contributed by atoms with Crippen molar-refractivity contribution in [1.29, 1.82) is 0 Å². The highest BCUT2D eigenvalue weighted by Crippen LogP contribution is 2.33. The van der Waals surface area contributed by atoms with Crippen LogP contribution in [0.3, 0.4) is 0 Å². The predicted molar refractivity (Wildman–Crippen MR) is 121 cm³/mol. The van der Waals surface area contributed by atoms with Crippen molar-refractivity contribution in [2.24, 2.45) is 0 Å². The number of hydrogen-bond acceptors (Lipinski definition) is 7. The van der Waals surface area contributed by atoms with Crippen LogP contribution in [0, 0.1) is 5.82 Å². The van der Waals surface area contributed by atoms with Crippen LogP contribution in [-0.2, 0) is 10.0 Å². The zero-order valence-electron chi connectivity index (χ0n) is 16.9. The van der Waals surface area contributed by atoms with E-state index in [9.17, 15) is 17.9 Å². The van der Waals surface area contributed by atoms with Gasteiger partial charge in [-0.25, -0.2) is 17.8 Å². The van der Waals surface area contributed by atoms with E-state index in [-0.39, 0.29) is 28.3 Å². The molecule has 0 spiro atoms. The van der Waals surface area contributed by atoms with Crippen LogP contribution < -0.4 is 10.0 Å². The number of nitrogens with zero attached hydrogens (tertiary/aromatic N) is 2. The van der Waals surface area contributed by atoms with Gasteiger partial charge in [0, 0.05) is 36.8 Å². The van der Waals surface area contributed by atoms with Crippen LogP contribution in [0.5, 0.6) is 0 Å². The predicted octanol–water partition coefficient (Wildman–Crippen LogP) is 3.92. The van der Waals surface area contributed by atoms with Crippen LogP contribution in [0.2, 0.25) is 5.02 Å². The van der Waals surface area contributed by atoms with Gasteiger partial charge in [0.2, 0.25) is 0 Å². The van der Waals surface area contributed by atoms with E-state index in [2.05, 4.69) is 19.9 Å². The second-order valence-corrected chi connectivity index (χ2v) is 11.0. The van der Waals surface area contributed by atoms with Crippen molar-refractivity contribution in [3.05, 3.63) is 34.5 Å². The number of aliphatic hydroxyl groups is 1. The van der Waals surface area contributed by atoms with Crippen LogP contribution in [0.25, 0.3) is 0 Å². The van der Waals surface area contributed by atoms with Gasteiger partial charge in [0.1, 0.15) is 10.7 Å². The van der Waals surface area contributed by atoms with Gasteiger partial charge in [-0.05, 0) is 37.8 Å². The van der Waals surface area contributed by atoms with Gasteiger partial charge in [0.25, 0.3) is 10.0 Å². The molecule has 2 heterocycles. The third kappa shape index (κ3) is 5.31. The van der Waals surface area contributed by atoms with Gasteiger partial charge in [-0.2, -0.15) is 0 Å². The molecule has 1 saturated heterocycles. The minimum atomic E-state index is -4.14. The molecule has 7 nitrogen and oxygen atoms in total. The molecular weight excluding hydrogens is 463 g/mol. The van der Waals surface area contributed by atoms with Gasteiger partial charge in [0.15, 0.2) is 5.13 Å². The lowest BCUT2D eigenvalue weighted by atomic mass is 9.87. The first-order valence-corrected chi connectivity index (χ1v) is 13.2. The molecule has 0 bridgehead atoms. The fourth-order valence-corrected chi connectivity index (χ4v) is 6.58. The number of aliphatic hydroxyl groups excluding tert-OH is 1. The molecule has 1 aliphatic heterocycles. The summed E-state index contributed by atoms with van der Waals surface area (Å²) in [5, 5.41) is 15.1. The maximum absolute atomic E-state index is 14.8. The van der Waals surface area contributed by atoms with E-state index in [0.29, 0.717) is 5.69 Å². The number of anilines is 2. The Morgan fingerprint density at radius 3 is 2.65 bits per heavy atom. The lowest BCUT2D eigenvalue weighted by Crippen LogP contribution is -2.52. The number of aromatic nitrogens is 1. The lowest BCUT2D eigenvalue weighted by molar-refractivity contribution is 0.0466. The van der Waals surface area contributed by atoms with Gasteiger partial charge < -0.3 is 10.4 Å². The van der Waals surface area contributed by atoms with Crippen molar-refractivity contribution in [3.8, 4) is 0 Å². The monoisotopic (exact) mass is 488 g/mol. The second-order valence-electron chi connectivity index (χ2n) is 8.08. The summed E-state index contributed by atoms with van der Waals surface area (Å²) in [6.45, 7) is 1.68. The van der Waals surface area contributed by atoms with E-state index >= 15 is 0 Å². The molecule has 170 valence electrons. The average Bonchev–Trinajstić information content (AvgIpc) is 3.24. The smallest absolute Gasteiger partial charge is 0.266 e.